The molecule has 0 atom stereocenters. The first kappa shape index (κ1) is 34.4. The summed E-state index contributed by atoms with van der Waals surface area (Å²) < 4.78 is 0. The summed E-state index contributed by atoms with van der Waals surface area (Å²) in [5, 5.41) is 2.45. The van der Waals surface area contributed by atoms with Crippen molar-refractivity contribution in [2.45, 2.75) is 0 Å². The molecule has 9 aromatic rings. The van der Waals surface area contributed by atoms with Gasteiger partial charge in [0, 0.05) is 34.1 Å². The van der Waals surface area contributed by atoms with Crippen LogP contribution in [0.5, 0.6) is 0 Å². The molecular weight excluding hydrogens is 677 g/mol. The molecule has 0 radical (unpaired) electrons. The Kier molecular flexibility index (Phi) is 9.75. The van der Waals surface area contributed by atoms with E-state index < -0.39 is 0 Å². The summed E-state index contributed by atoms with van der Waals surface area (Å²) in [4.78, 5) is 4.62. The summed E-state index contributed by atoms with van der Waals surface area (Å²) in [5.74, 6) is 0. The second-order valence-electron chi connectivity index (χ2n) is 13.9. The first-order valence-corrected chi connectivity index (χ1v) is 19.1. The highest BCUT2D eigenvalue weighted by Crippen LogP contribution is 2.38. The fraction of sp³-hybridized carbons (Fsp3) is 0. The number of hydrogen-bond acceptors (Lipinski definition) is 2. The molecule has 56 heavy (non-hydrogen) atoms. The van der Waals surface area contributed by atoms with Crippen molar-refractivity contribution in [3.8, 4) is 22.3 Å². The Balaban J connectivity index is 0.934. The lowest BCUT2D eigenvalue weighted by molar-refractivity contribution is 1.28. The molecule has 2 heteroatoms. The van der Waals surface area contributed by atoms with E-state index in [9.17, 15) is 0 Å². The quantitative estimate of drug-likeness (QED) is 0.130. The molecule has 2 nitrogen and oxygen atoms in total. The number of hydrogen-bond donors (Lipinski definition) is 0. The lowest BCUT2D eigenvalue weighted by atomic mass is 10.0. The SMILES string of the molecule is C(=C\c1ccc(N(c2ccc(-c3ccccc3)cc2)c2ccc3ccccc3c2)cc1)/c1ccc(-c2ccc(N(c3ccccc3)c3ccccc3)cc2)cc1. The van der Waals surface area contributed by atoms with E-state index in [1.807, 2.05) is 0 Å². The fourth-order valence-electron chi connectivity index (χ4n) is 7.31. The van der Waals surface area contributed by atoms with Crippen LogP contribution in [0.15, 0.2) is 231 Å². The van der Waals surface area contributed by atoms with Crippen LogP contribution in [0.25, 0.3) is 45.2 Å². The minimum atomic E-state index is 1.11. The predicted molar refractivity (Wildman–Crippen MR) is 240 cm³/mol. The van der Waals surface area contributed by atoms with Crippen molar-refractivity contribution in [3.05, 3.63) is 242 Å². The molecule has 0 unspecified atom stereocenters. The van der Waals surface area contributed by atoms with E-state index in [0.717, 1.165) is 45.3 Å². The van der Waals surface area contributed by atoms with Crippen LogP contribution in [0.3, 0.4) is 0 Å². The normalized spacial score (nSPS) is 11.1. The molecule has 0 aliphatic carbocycles. The van der Waals surface area contributed by atoms with Gasteiger partial charge in [0.05, 0.1) is 0 Å². The number of anilines is 6. The van der Waals surface area contributed by atoms with Crippen LogP contribution < -0.4 is 9.80 Å². The third-order valence-corrected chi connectivity index (χ3v) is 10.2. The maximum Gasteiger partial charge on any atom is 0.0468 e. The molecule has 0 N–H and O–H groups in total. The molecule has 0 aliphatic heterocycles. The first-order chi connectivity index (χ1) is 27.7. The van der Waals surface area contributed by atoms with Gasteiger partial charge in [-0.2, -0.15) is 0 Å². The smallest absolute Gasteiger partial charge is 0.0468 e. The summed E-state index contributed by atoms with van der Waals surface area (Å²) in [5.41, 5.74) is 13.8. The van der Waals surface area contributed by atoms with Gasteiger partial charge in [0.2, 0.25) is 0 Å². The molecule has 0 amide bonds. The minimum absolute atomic E-state index is 1.11. The molecule has 9 aromatic carbocycles. The van der Waals surface area contributed by atoms with Crippen LogP contribution in [0.4, 0.5) is 34.1 Å². The largest absolute Gasteiger partial charge is 0.311 e. The van der Waals surface area contributed by atoms with E-state index in [1.165, 1.54) is 33.0 Å². The molecule has 0 saturated heterocycles. The predicted octanol–water partition coefficient (Wildman–Crippen LogP) is 15.3. The van der Waals surface area contributed by atoms with Gasteiger partial charge in [-0.3, -0.25) is 0 Å². The summed E-state index contributed by atoms with van der Waals surface area (Å²) in [7, 11) is 0. The highest BCUT2D eigenvalue weighted by Gasteiger charge is 2.14. The number of nitrogens with zero attached hydrogens (tertiary/aromatic N) is 2. The fourth-order valence-corrected chi connectivity index (χ4v) is 7.31. The van der Waals surface area contributed by atoms with Gasteiger partial charge in [0.15, 0.2) is 0 Å². The molecule has 0 aliphatic rings. The number of benzene rings is 9. The van der Waals surface area contributed by atoms with Crippen molar-refractivity contribution in [3.63, 3.8) is 0 Å². The Bertz CT molecular complexity index is 2650. The summed E-state index contributed by atoms with van der Waals surface area (Å²) in [6.45, 7) is 0. The van der Waals surface area contributed by atoms with Crippen LogP contribution in [-0.4, -0.2) is 0 Å². The van der Waals surface area contributed by atoms with E-state index in [-0.39, 0.29) is 0 Å². The Morgan fingerprint density at radius 1 is 0.232 bits per heavy atom. The molecule has 266 valence electrons. The zero-order chi connectivity index (χ0) is 37.5. The summed E-state index contributed by atoms with van der Waals surface area (Å²) in [6, 6.07) is 82.1. The average molecular weight is 717 g/mol. The van der Waals surface area contributed by atoms with Crippen molar-refractivity contribution < 1.29 is 0 Å². The second kappa shape index (κ2) is 15.9. The molecule has 0 aromatic heterocycles. The topological polar surface area (TPSA) is 6.48 Å². The van der Waals surface area contributed by atoms with Crippen molar-refractivity contribution >= 4 is 57.0 Å². The molecule has 0 fully saturated rings. The van der Waals surface area contributed by atoms with E-state index in [4.69, 9.17) is 0 Å². The van der Waals surface area contributed by atoms with Gasteiger partial charge in [-0.1, -0.05) is 170 Å². The molecular formula is C54H40N2. The Labute approximate surface area is 329 Å². The van der Waals surface area contributed by atoms with E-state index in [2.05, 4.69) is 252 Å². The highest BCUT2D eigenvalue weighted by atomic mass is 15.1. The maximum atomic E-state index is 2.33. The zero-order valence-corrected chi connectivity index (χ0v) is 31.0. The second-order valence-corrected chi connectivity index (χ2v) is 13.9. The van der Waals surface area contributed by atoms with Crippen molar-refractivity contribution in [2.75, 3.05) is 9.80 Å². The van der Waals surface area contributed by atoms with E-state index in [1.54, 1.807) is 0 Å². The first-order valence-electron chi connectivity index (χ1n) is 19.1. The zero-order valence-electron chi connectivity index (χ0n) is 31.0. The number of fused-ring (bicyclic) bond motifs is 1. The maximum absolute atomic E-state index is 2.33. The number of rotatable bonds is 10. The third-order valence-electron chi connectivity index (χ3n) is 10.2. The monoisotopic (exact) mass is 716 g/mol. The molecule has 0 spiro atoms. The molecule has 0 heterocycles. The lowest BCUT2D eigenvalue weighted by Crippen LogP contribution is -2.09. The average Bonchev–Trinajstić information content (AvgIpc) is 3.28. The Morgan fingerprint density at radius 3 is 1.05 bits per heavy atom. The van der Waals surface area contributed by atoms with E-state index >= 15 is 0 Å². The summed E-state index contributed by atoms with van der Waals surface area (Å²) in [6.07, 6.45) is 4.37. The van der Waals surface area contributed by atoms with Crippen LogP contribution in [0, 0.1) is 0 Å². The minimum Gasteiger partial charge on any atom is -0.311 e. The molecule has 0 saturated carbocycles. The van der Waals surface area contributed by atoms with E-state index in [0.29, 0.717) is 0 Å². The van der Waals surface area contributed by atoms with Crippen molar-refractivity contribution in [2.24, 2.45) is 0 Å². The Morgan fingerprint density at radius 2 is 0.554 bits per heavy atom. The van der Waals surface area contributed by atoms with Crippen molar-refractivity contribution in [1.82, 2.24) is 0 Å². The van der Waals surface area contributed by atoms with Crippen molar-refractivity contribution in [1.29, 1.82) is 0 Å². The van der Waals surface area contributed by atoms with Crippen LogP contribution in [0.2, 0.25) is 0 Å². The van der Waals surface area contributed by atoms with Gasteiger partial charge >= 0.3 is 0 Å². The van der Waals surface area contributed by atoms with Gasteiger partial charge in [-0.15, -0.1) is 0 Å². The summed E-state index contributed by atoms with van der Waals surface area (Å²) >= 11 is 0. The lowest BCUT2D eigenvalue weighted by Gasteiger charge is -2.26. The van der Waals surface area contributed by atoms with Crippen LogP contribution in [-0.2, 0) is 0 Å². The molecule has 0 bridgehead atoms. The van der Waals surface area contributed by atoms with Gasteiger partial charge in [0.1, 0.15) is 0 Å². The third kappa shape index (κ3) is 7.50. The van der Waals surface area contributed by atoms with Crippen LogP contribution >= 0.6 is 0 Å². The highest BCUT2D eigenvalue weighted by molar-refractivity contribution is 5.90. The standard InChI is InChI=1S/C54H40N2/c1-4-12-43(13-5-1)46-28-37-53(38-29-46)56(54-39-32-44-14-10-11-15-48(44)40-54)51-33-24-42(25-34-51)21-20-41-22-26-45(27-23-41)47-30-35-52(36-31-47)55(49-16-6-2-7-17-49)50-18-8-3-9-19-50/h1-40H/b21-20+. The van der Waals surface area contributed by atoms with Gasteiger partial charge in [0.25, 0.3) is 0 Å². The molecule has 9 rings (SSSR count). The van der Waals surface area contributed by atoms with Gasteiger partial charge in [-0.05, 0) is 117 Å². The van der Waals surface area contributed by atoms with Gasteiger partial charge < -0.3 is 9.80 Å². The van der Waals surface area contributed by atoms with Crippen LogP contribution in [0.1, 0.15) is 11.1 Å². The number of para-hydroxylation sites is 2. The Hall–Kier alpha value is -7.42. The van der Waals surface area contributed by atoms with Gasteiger partial charge in [-0.25, -0.2) is 0 Å².